The van der Waals surface area contributed by atoms with Gasteiger partial charge in [0, 0.05) is 13.5 Å². The summed E-state index contributed by atoms with van der Waals surface area (Å²) in [4.78, 5) is 11.6. The number of phosphoric ester groups is 1. The van der Waals surface area contributed by atoms with Gasteiger partial charge < -0.3 is 9.47 Å². The molecule has 0 aromatic heterocycles. The van der Waals surface area contributed by atoms with Gasteiger partial charge in [0.1, 0.15) is 12.2 Å². The van der Waals surface area contributed by atoms with Crippen molar-refractivity contribution in [1.29, 1.82) is 0 Å². The molecule has 4 unspecified atom stereocenters. The third-order valence-corrected chi connectivity index (χ3v) is 10.4. The van der Waals surface area contributed by atoms with Crippen molar-refractivity contribution in [2.75, 3.05) is 39.5 Å². The molecule has 0 radical (unpaired) electrons. The van der Waals surface area contributed by atoms with Gasteiger partial charge in [-0.05, 0) is 33.1 Å². The lowest BCUT2D eigenvalue weighted by Crippen LogP contribution is -2.61. The van der Waals surface area contributed by atoms with Gasteiger partial charge >= 0.3 is 13.8 Å². The van der Waals surface area contributed by atoms with Crippen LogP contribution in [-0.2, 0) is 32.4 Å². The van der Waals surface area contributed by atoms with Crippen LogP contribution in [-0.4, -0.2) is 68.3 Å². The van der Waals surface area contributed by atoms with Gasteiger partial charge in [0.15, 0.2) is 0 Å². The molecule has 4 atom stereocenters. The Kier molecular flexibility index (Phi) is 19.0. The number of likely N-dealkylation sites (N-methyl/N-ethyl adjacent to an activating group) is 1. The third-order valence-electron chi connectivity index (χ3n) is 8.91. The fourth-order valence-electron chi connectivity index (χ4n) is 6.28. The molecule has 0 aromatic carbocycles. The maximum Gasteiger partial charge on any atom is 0.480 e. The largest absolute Gasteiger partial charge is 0.480 e. The number of phosphoric acid groups is 1. The van der Waals surface area contributed by atoms with Crippen molar-refractivity contribution in [3.05, 3.63) is 0 Å². The predicted octanol–water partition coefficient (Wildman–Crippen LogP) is 8.71. The summed E-state index contributed by atoms with van der Waals surface area (Å²) < 4.78 is 42.6. The Hall–Kier alpha value is -0.500. The van der Waals surface area contributed by atoms with Crippen LogP contribution in [0, 0.1) is 0 Å². The van der Waals surface area contributed by atoms with Crippen LogP contribution in [0.4, 0.5) is 0 Å². The summed E-state index contributed by atoms with van der Waals surface area (Å²) in [5.41, 5.74) is 0. The molecule has 0 saturated carbocycles. The minimum atomic E-state index is -3.72. The SMILES string of the molecule is CCCCCCCCCCCCCCCCCCOCC(COP1(=O)OC2CCC[N+](CC)(CC)C2O1)OC(C)=O. The van der Waals surface area contributed by atoms with Crippen molar-refractivity contribution < 1.29 is 36.9 Å². The van der Waals surface area contributed by atoms with Crippen molar-refractivity contribution in [2.45, 2.75) is 162 Å². The number of fused-ring (bicyclic) bond motifs is 1. The molecule has 8 nitrogen and oxygen atoms in total. The van der Waals surface area contributed by atoms with Crippen molar-refractivity contribution in [2.24, 2.45) is 0 Å². The van der Waals surface area contributed by atoms with Crippen LogP contribution in [0.5, 0.6) is 0 Å². The second kappa shape index (κ2) is 21.2. The summed E-state index contributed by atoms with van der Waals surface area (Å²) >= 11 is 0. The second-order valence-corrected chi connectivity index (χ2v) is 13.8. The standard InChI is InChI=1S/C32H63NO7P/c1-5-8-9-10-11-12-13-14-15-16-17-18-19-20-21-22-26-36-27-30(38-29(4)34)28-37-41(35)39-31-24-23-25-33(6-2,7-3)32(31)40-41/h30-32H,5-28H2,1-4H3/q+1. The van der Waals surface area contributed by atoms with E-state index in [2.05, 4.69) is 20.8 Å². The molecule has 0 aliphatic carbocycles. The normalized spacial score (nSPS) is 24.3. The van der Waals surface area contributed by atoms with Crippen LogP contribution in [0.3, 0.4) is 0 Å². The lowest BCUT2D eigenvalue weighted by Gasteiger charge is -2.44. The van der Waals surface area contributed by atoms with Gasteiger partial charge in [0.25, 0.3) is 0 Å². The van der Waals surface area contributed by atoms with E-state index in [4.69, 9.17) is 23.0 Å². The summed E-state index contributed by atoms with van der Waals surface area (Å²) in [7, 11) is -3.72. The zero-order valence-electron chi connectivity index (χ0n) is 27.0. The average Bonchev–Trinajstić information content (AvgIpc) is 3.32. The predicted molar refractivity (Wildman–Crippen MR) is 165 cm³/mol. The molecule has 9 heteroatoms. The van der Waals surface area contributed by atoms with E-state index in [1.807, 2.05) is 0 Å². The molecule has 0 bridgehead atoms. The molecular weight excluding hydrogens is 541 g/mol. The molecule has 0 spiro atoms. The van der Waals surface area contributed by atoms with Gasteiger partial charge in [0.2, 0.25) is 6.23 Å². The Morgan fingerprint density at radius 3 is 1.85 bits per heavy atom. The van der Waals surface area contributed by atoms with Gasteiger partial charge in [0.05, 0.1) is 32.8 Å². The number of carbonyl (C=O) groups is 1. The van der Waals surface area contributed by atoms with E-state index < -0.39 is 19.9 Å². The zero-order valence-corrected chi connectivity index (χ0v) is 27.8. The molecule has 0 aromatic rings. The average molecular weight is 605 g/mol. The maximum atomic E-state index is 13.3. The molecule has 2 saturated heterocycles. The van der Waals surface area contributed by atoms with E-state index in [1.54, 1.807) is 0 Å². The molecule has 2 rings (SSSR count). The van der Waals surface area contributed by atoms with Crippen molar-refractivity contribution >= 4 is 13.8 Å². The highest BCUT2D eigenvalue weighted by Crippen LogP contribution is 2.60. The summed E-state index contributed by atoms with van der Waals surface area (Å²) in [5.74, 6) is -0.419. The Balaban J connectivity index is 1.51. The Bertz CT molecular complexity index is 733. The number of likely N-dealkylation sites (tertiary alicyclic amines) is 1. The fraction of sp³-hybridized carbons (Fsp3) is 0.969. The van der Waals surface area contributed by atoms with E-state index >= 15 is 0 Å². The van der Waals surface area contributed by atoms with E-state index in [9.17, 15) is 9.36 Å². The van der Waals surface area contributed by atoms with Gasteiger partial charge in [-0.15, -0.1) is 0 Å². The summed E-state index contributed by atoms with van der Waals surface area (Å²) in [6.07, 6.45) is 22.0. The van der Waals surface area contributed by atoms with Crippen LogP contribution in [0.2, 0.25) is 0 Å². The number of carbonyl (C=O) groups excluding carboxylic acids is 1. The number of ether oxygens (including phenoxy) is 2. The van der Waals surface area contributed by atoms with Crippen molar-refractivity contribution in [3.8, 4) is 0 Å². The first-order valence-corrected chi connectivity index (χ1v) is 18.6. The minimum Gasteiger partial charge on any atom is -0.458 e. The number of nitrogens with zero attached hydrogens (tertiary/aromatic N) is 1. The molecular formula is C32H63NO7P+. The summed E-state index contributed by atoms with van der Waals surface area (Å²) in [5, 5.41) is 0. The molecule has 2 aliphatic heterocycles. The number of hydrogen-bond acceptors (Lipinski definition) is 7. The van der Waals surface area contributed by atoms with E-state index in [1.165, 1.54) is 96.8 Å². The highest BCUT2D eigenvalue weighted by atomic mass is 31.2. The fourth-order valence-corrected chi connectivity index (χ4v) is 7.94. The molecule has 0 amide bonds. The molecule has 41 heavy (non-hydrogen) atoms. The first kappa shape index (κ1) is 36.7. The highest BCUT2D eigenvalue weighted by molar-refractivity contribution is 7.48. The molecule has 2 fully saturated rings. The number of quaternary nitrogens is 1. The van der Waals surface area contributed by atoms with Crippen molar-refractivity contribution in [1.82, 2.24) is 0 Å². The third kappa shape index (κ3) is 14.2. The molecule has 2 aliphatic rings. The number of hydrogen-bond donors (Lipinski definition) is 0. The first-order chi connectivity index (χ1) is 19.9. The quantitative estimate of drug-likeness (QED) is 0.0446. The van der Waals surface area contributed by atoms with Gasteiger partial charge in [-0.2, -0.15) is 0 Å². The van der Waals surface area contributed by atoms with Gasteiger partial charge in [-0.1, -0.05) is 103 Å². The zero-order chi connectivity index (χ0) is 29.8. The minimum absolute atomic E-state index is 0.0759. The summed E-state index contributed by atoms with van der Waals surface area (Å²) in [6, 6.07) is 0. The van der Waals surface area contributed by atoms with E-state index in [0.29, 0.717) is 6.61 Å². The molecule has 2 heterocycles. The monoisotopic (exact) mass is 604 g/mol. The summed E-state index contributed by atoms with van der Waals surface area (Å²) in [6.45, 7) is 11.4. The van der Waals surface area contributed by atoms with Crippen molar-refractivity contribution in [3.63, 3.8) is 0 Å². The van der Waals surface area contributed by atoms with Gasteiger partial charge in [-0.25, -0.2) is 9.09 Å². The lowest BCUT2D eigenvalue weighted by atomic mass is 10.0. The maximum absolute atomic E-state index is 13.3. The first-order valence-electron chi connectivity index (χ1n) is 17.1. The molecule has 0 N–H and O–H groups in total. The van der Waals surface area contributed by atoms with Crippen LogP contribution in [0.1, 0.15) is 143 Å². The van der Waals surface area contributed by atoms with Crippen LogP contribution in [0.15, 0.2) is 0 Å². The Morgan fingerprint density at radius 2 is 1.34 bits per heavy atom. The Morgan fingerprint density at radius 1 is 0.805 bits per heavy atom. The topological polar surface area (TPSA) is 80.3 Å². The van der Waals surface area contributed by atoms with Crippen LogP contribution >= 0.6 is 7.82 Å². The second-order valence-electron chi connectivity index (χ2n) is 12.2. The van der Waals surface area contributed by atoms with E-state index in [0.717, 1.165) is 49.8 Å². The Labute approximate surface area is 251 Å². The number of esters is 1. The van der Waals surface area contributed by atoms with E-state index in [-0.39, 0.29) is 25.5 Å². The van der Waals surface area contributed by atoms with Crippen LogP contribution < -0.4 is 0 Å². The van der Waals surface area contributed by atoms with Crippen LogP contribution in [0.25, 0.3) is 0 Å². The highest BCUT2D eigenvalue weighted by Gasteiger charge is 2.57. The number of piperidine rings is 1. The smallest absolute Gasteiger partial charge is 0.458 e. The number of rotatable bonds is 25. The lowest BCUT2D eigenvalue weighted by molar-refractivity contribution is -0.971. The van der Waals surface area contributed by atoms with Gasteiger partial charge in [-0.3, -0.25) is 18.3 Å². The molecule has 242 valence electrons. The number of unbranched alkanes of at least 4 members (excludes halogenated alkanes) is 15.